The zero-order valence-electron chi connectivity index (χ0n) is 18.3. The van der Waals surface area contributed by atoms with Crippen LogP contribution in [0, 0.1) is 13.8 Å². The number of sulfonamides is 1. The van der Waals surface area contributed by atoms with Crippen LogP contribution in [0.3, 0.4) is 0 Å². The minimum absolute atomic E-state index is 0.256. The van der Waals surface area contributed by atoms with Gasteiger partial charge < -0.3 is 9.15 Å². The van der Waals surface area contributed by atoms with E-state index in [0.717, 1.165) is 25.0 Å². The number of aryl methyl sites for hydroxylation is 2. The standard InChI is InChI=1S/C23H27N3O4S2/c1-17-13-18(2)15-20(14-17)29-11-12-31-23-25-24-22(30-23)19-7-6-8-21(16-19)32(27,28)26-9-4-3-5-10-26/h6-8,13-16H,3-5,9-12H2,1-2H3. The number of thioether (sulfide) groups is 1. The molecule has 32 heavy (non-hydrogen) atoms. The summed E-state index contributed by atoms with van der Waals surface area (Å²) in [6, 6.07) is 12.8. The highest BCUT2D eigenvalue weighted by molar-refractivity contribution is 7.99. The average Bonchev–Trinajstić information content (AvgIpc) is 3.26. The molecule has 3 aromatic rings. The van der Waals surface area contributed by atoms with Crippen molar-refractivity contribution in [2.45, 2.75) is 43.2 Å². The molecule has 0 saturated carbocycles. The SMILES string of the molecule is Cc1cc(C)cc(OCCSc2nnc(-c3cccc(S(=O)(=O)N4CCCCC4)c3)o2)c1. The molecular weight excluding hydrogens is 446 g/mol. The van der Waals surface area contributed by atoms with E-state index in [1.807, 2.05) is 26.0 Å². The fraction of sp³-hybridized carbons (Fsp3) is 0.391. The van der Waals surface area contributed by atoms with Crippen LogP contribution in [0.1, 0.15) is 30.4 Å². The van der Waals surface area contributed by atoms with Crippen LogP contribution >= 0.6 is 11.8 Å². The van der Waals surface area contributed by atoms with E-state index in [0.29, 0.717) is 42.1 Å². The van der Waals surface area contributed by atoms with Crippen LogP contribution in [0.2, 0.25) is 0 Å². The second-order valence-electron chi connectivity index (χ2n) is 7.89. The molecule has 2 heterocycles. The van der Waals surface area contributed by atoms with Gasteiger partial charge in [-0.05, 0) is 68.1 Å². The van der Waals surface area contributed by atoms with Gasteiger partial charge in [0.05, 0.1) is 11.5 Å². The van der Waals surface area contributed by atoms with Gasteiger partial charge in [0.2, 0.25) is 15.9 Å². The fourth-order valence-corrected chi connectivity index (χ4v) is 5.87. The highest BCUT2D eigenvalue weighted by Crippen LogP contribution is 2.27. The van der Waals surface area contributed by atoms with Crippen LogP contribution in [0.25, 0.3) is 11.5 Å². The van der Waals surface area contributed by atoms with Crippen LogP contribution in [0.5, 0.6) is 5.75 Å². The molecule has 0 unspecified atom stereocenters. The molecule has 1 aromatic heterocycles. The average molecular weight is 474 g/mol. The Labute approximate surface area is 193 Å². The Kier molecular flexibility index (Phi) is 7.17. The summed E-state index contributed by atoms with van der Waals surface area (Å²) < 4.78 is 39.0. The van der Waals surface area contributed by atoms with E-state index in [4.69, 9.17) is 9.15 Å². The molecule has 9 heteroatoms. The Morgan fingerprint density at radius 2 is 1.78 bits per heavy atom. The number of nitrogens with zero attached hydrogens (tertiary/aromatic N) is 3. The van der Waals surface area contributed by atoms with E-state index in [2.05, 4.69) is 16.3 Å². The Morgan fingerprint density at radius 3 is 2.53 bits per heavy atom. The second kappa shape index (κ2) is 10.1. The Bertz CT molecular complexity index is 1150. The highest BCUT2D eigenvalue weighted by atomic mass is 32.2. The number of hydrogen-bond acceptors (Lipinski definition) is 7. The van der Waals surface area contributed by atoms with Crippen molar-refractivity contribution in [3.05, 3.63) is 53.6 Å². The lowest BCUT2D eigenvalue weighted by Crippen LogP contribution is -2.35. The molecule has 170 valence electrons. The maximum absolute atomic E-state index is 13.0. The molecule has 1 aliphatic heterocycles. The Balaban J connectivity index is 1.37. The molecular formula is C23H27N3O4S2. The maximum atomic E-state index is 13.0. The third kappa shape index (κ3) is 5.51. The summed E-state index contributed by atoms with van der Waals surface area (Å²) in [6.07, 6.45) is 2.87. The van der Waals surface area contributed by atoms with E-state index in [-0.39, 0.29) is 4.90 Å². The van der Waals surface area contributed by atoms with Gasteiger partial charge in [0, 0.05) is 24.4 Å². The third-order valence-corrected chi connectivity index (χ3v) is 7.89. The molecule has 4 rings (SSSR count). The van der Waals surface area contributed by atoms with Gasteiger partial charge in [0.15, 0.2) is 0 Å². The maximum Gasteiger partial charge on any atom is 0.276 e. The summed E-state index contributed by atoms with van der Waals surface area (Å²) in [7, 11) is -3.51. The number of hydrogen-bond donors (Lipinski definition) is 0. The summed E-state index contributed by atoms with van der Waals surface area (Å²) >= 11 is 1.40. The summed E-state index contributed by atoms with van der Waals surface area (Å²) in [5.74, 6) is 1.80. The molecule has 0 N–H and O–H groups in total. The van der Waals surface area contributed by atoms with Gasteiger partial charge in [0.1, 0.15) is 5.75 Å². The third-order valence-electron chi connectivity index (χ3n) is 5.21. The number of rotatable bonds is 8. The largest absolute Gasteiger partial charge is 0.493 e. The smallest absolute Gasteiger partial charge is 0.276 e. The van der Waals surface area contributed by atoms with Gasteiger partial charge in [-0.15, -0.1) is 10.2 Å². The lowest BCUT2D eigenvalue weighted by atomic mass is 10.1. The molecule has 1 aliphatic rings. The molecule has 7 nitrogen and oxygen atoms in total. The van der Waals surface area contributed by atoms with Crippen LogP contribution < -0.4 is 4.74 Å². The van der Waals surface area contributed by atoms with Gasteiger partial charge in [0.25, 0.3) is 5.22 Å². The molecule has 0 bridgehead atoms. The summed E-state index contributed by atoms with van der Waals surface area (Å²) in [4.78, 5) is 0.256. The van der Waals surface area contributed by atoms with Crippen molar-refractivity contribution >= 4 is 21.8 Å². The van der Waals surface area contributed by atoms with Gasteiger partial charge in [-0.25, -0.2) is 8.42 Å². The molecule has 0 aliphatic carbocycles. The van der Waals surface area contributed by atoms with E-state index < -0.39 is 10.0 Å². The minimum Gasteiger partial charge on any atom is -0.493 e. The first-order valence-electron chi connectivity index (χ1n) is 10.7. The second-order valence-corrected chi connectivity index (χ2v) is 10.9. The van der Waals surface area contributed by atoms with Crippen LogP contribution in [0.4, 0.5) is 0 Å². The van der Waals surface area contributed by atoms with E-state index in [9.17, 15) is 8.42 Å². The molecule has 0 amide bonds. The van der Waals surface area contributed by atoms with Crippen LogP contribution in [0.15, 0.2) is 57.0 Å². The quantitative estimate of drug-likeness (QED) is 0.346. The first kappa shape index (κ1) is 22.8. The first-order valence-corrected chi connectivity index (χ1v) is 13.1. The van der Waals surface area contributed by atoms with Gasteiger partial charge in [-0.2, -0.15) is 4.31 Å². The van der Waals surface area contributed by atoms with Gasteiger partial charge >= 0.3 is 0 Å². The van der Waals surface area contributed by atoms with Crippen LogP contribution in [-0.4, -0.2) is 48.4 Å². The van der Waals surface area contributed by atoms with E-state index in [1.165, 1.54) is 22.9 Å². The predicted molar refractivity (Wildman–Crippen MR) is 124 cm³/mol. The number of benzene rings is 2. The number of ether oxygens (including phenoxy) is 1. The van der Waals surface area contributed by atoms with Gasteiger partial charge in [-0.1, -0.05) is 30.3 Å². The van der Waals surface area contributed by atoms with Crippen molar-refractivity contribution in [1.82, 2.24) is 14.5 Å². The fourth-order valence-electron chi connectivity index (χ4n) is 3.73. The molecule has 0 spiro atoms. The summed E-state index contributed by atoms with van der Waals surface area (Å²) in [6.45, 7) is 5.73. The lowest BCUT2D eigenvalue weighted by molar-refractivity contribution is 0.342. The van der Waals surface area contributed by atoms with Crippen LogP contribution in [-0.2, 0) is 10.0 Å². The molecule has 1 fully saturated rings. The number of aromatic nitrogens is 2. The topological polar surface area (TPSA) is 85.5 Å². The van der Waals surface area contributed by atoms with Crippen molar-refractivity contribution in [3.8, 4) is 17.2 Å². The zero-order valence-corrected chi connectivity index (χ0v) is 19.9. The number of piperidine rings is 1. The van der Waals surface area contributed by atoms with E-state index >= 15 is 0 Å². The van der Waals surface area contributed by atoms with E-state index in [1.54, 1.807) is 28.6 Å². The Morgan fingerprint density at radius 1 is 1.03 bits per heavy atom. The molecule has 1 saturated heterocycles. The monoisotopic (exact) mass is 473 g/mol. The minimum atomic E-state index is -3.51. The molecule has 0 atom stereocenters. The normalized spacial score (nSPS) is 15.1. The van der Waals surface area contributed by atoms with Crippen molar-refractivity contribution in [3.63, 3.8) is 0 Å². The first-order chi connectivity index (χ1) is 15.4. The summed E-state index contributed by atoms with van der Waals surface area (Å²) in [5, 5.41) is 8.60. The predicted octanol–water partition coefficient (Wildman–Crippen LogP) is 4.70. The lowest BCUT2D eigenvalue weighted by Gasteiger charge is -2.25. The van der Waals surface area contributed by atoms with Gasteiger partial charge in [-0.3, -0.25) is 0 Å². The van der Waals surface area contributed by atoms with Crippen molar-refractivity contribution in [2.75, 3.05) is 25.4 Å². The Hall–Kier alpha value is -2.36. The van der Waals surface area contributed by atoms with Crippen molar-refractivity contribution < 1.29 is 17.6 Å². The highest BCUT2D eigenvalue weighted by Gasteiger charge is 2.26. The van der Waals surface area contributed by atoms with Crippen molar-refractivity contribution in [2.24, 2.45) is 0 Å². The zero-order chi connectivity index (χ0) is 22.6. The molecule has 2 aromatic carbocycles. The molecule has 0 radical (unpaired) electrons. The van der Waals surface area contributed by atoms with Crippen molar-refractivity contribution in [1.29, 1.82) is 0 Å². The summed E-state index contributed by atoms with van der Waals surface area (Å²) in [5.41, 5.74) is 2.92.